The average Bonchev–Trinajstić information content (AvgIpc) is 3.23. The van der Waals surface area contributed by atoms with Crippen LogP contribution < -0.4 is 0 Å². The Morgan fingerprint density at radius 1 is 0.816 bits per heavy atom. The maximum Gasteiger partial charge on any atom is 0.315 e. The van der Waals surface area contributed by atoms with E-state index in [4.69, 9.17) is 9.47 Å². The average molecular weight is 531 g/mol. The topological polar surface area (TPSA) is 72.8 Å². The van der Waals surface area contributed by atoms with E-state index in [0.29, 0.717) is 35.5 Å². The number of esters is 2. The minimum absolute atomic E-state index is 0.0340. The van der Waals surface area contributed by atoms with Crippen molar-refractivity contribution >= 4 is 11.9 Å². The monoisotopic (exact) mass is 530 g/mol. The molecule has 0 heterocycles. The third kappa shape index (κ3) is 3.72. The highest BCUT2D eigenvalue weighted by Gasteiger charge is 2.72. The van der Waals surface area contributed by atoms with Crippen LogP contribution in [0.3, 0.4) is 0 Å². The molecule has 10 atom stereocenters. The van der Waals surface area contributed by atoms with Gasteiger partial charge in [0.05, 0.1) is 11.5 Å². The van der Waals surface area contributed by atoms with Crippen molar-refractivity contribution in [3.63, 3.8) is 0 Å². The lowest BCUT2D eigenvalue weighted by Gasteiger charge is -2.72. The summed E-state index contributed by atoms with van der Waals surface area (Å²) in [4.78, 5) is 25.1. The van der Waals surface area contributed by atoms with Crippen LogP contribution >= 0.6 is 0 Å². The molecular formula is C33H54O5. The van der Waals surface area contributed by atoms with Gasteiger partial charge in [0, 0.05) is 6.92 Å². The van der Waals surface area contributed by atoms with Gasteiger partial charge in [0.25, 0.3) is 0 Å². The van der Waals surface area contributed by atoms with E-state index >= 15 is 0 Å². The molecule has 216 valence electrons. The zero-order chi connectivity index (χ0) is 27.9. The molecule has 5 fully saturated rings. The van der Waals surface area contributed by atoms with E-state index in [2.05, 4.69) is 48.5 Å². The Balaban J connectivity index is 1.49. The van der Waals surface area contributed by atoms with Gasteiger partial charge in [-0.25, -0.2) is 0 Å². The molecule has 0 aromatic rings. The number of hydrogen-bond donors (Lipinski definition) is 1. The number of ether oxygens (including phenoxy) is 2. The zero-order valence-corrected chi connectivity index (χ0v) is 25.4. The number of fused-ring (bicyclic) bond motifs is 7. The van der Waals surface area contributed by atoms with Gasteiger partial charge in [0.15, 0.2) is 0 Å². The molecular weight excluding hydrogens is 476 g/mol. The molecule has 1 N–H and O–H groups in total. The van der Waals surface area contributed by atoms with Gasteiger partial charge in [-0.1, -0.05) is 48.5 Å². The molecule has 0 amide bonds. The van der Waals surface area contributed by atoms with Crippen LogP contribution in [0.15, 0.2) is 0 Å². The fourth-order valence-electron chi connectivity index (χ4n) is 12.0. The van der Waals surface area contributed by atoms with Gasteiger partial charge in [-0.2, -0.15) is 0 Å². The summed E-state index contributed by atoms with van der Waals surface area (Å²) in [6.45, 7) is 18.2. The highest BCUT2D eigenvalue weighted by Crippen LogP contribution is 2.77. The van der Waals surface area contributed by atoms with Crippen molar-refractivity contribution < 1.29 is 24.2 Å². The second-order valence-corrected chi connectivity index (χ2v) is 15.9. The van der Waals surface area contributed by atoms with Crippen LogP contribution in [0.1, 0.15) is 120 Å². The summed E-state index contributed by atoms with van der Waals surface area (Å²) in [6, 6.07) is 0. The fourth-order valence-corrected chi connectivity index (χ4v) is 12.0. The van der Waals surface area contributed by atoms with E-state index < -0.39 is 11.4 Å². The van der Waals surface area contributed by atoms with Crippen LogP contribution in [0.5, 0.6) is 0 Å². The van der Waals surface area contributed by atoms with Crippen molar-refractivity contribution in [1.82, 2.24) is 0 Å². The number of rotatable bonds is 4. The number of aliphatic hydroxyl groups excluding tert-OH is 1. The van der Waals surface area contributed by atoms with E-state index in [1.54, 1.807) is 0 Å². The van der Waals surface area contributed by atoms with Gasteiger partial charge in [-0.3, -0.25) is 9.59 Å². The maximum absolute atomic E-state index is 13.8. The lowest BCUT2D eigenvalue weighted by molar-refractivity contribution is -0.251. The fraction of sp³-hybridized carbons (Fsp3) is 0.939. The van der Waals surface area contributed by atoms with Crippen molar-refractivity contribution in [3.8, 4) is 0 Å². The van der Waals surface area contributed by atoms with Crippen molar-refractivity contribution in [2.75, 3.05) is 6.79 Å². The molecule has 5 aliphatic carbocycles. The first-order valence-electron chi connectivity index (χ1n) is 15.6. The first kappa shape index (κ1) is 28.4. The molecule has 38 heavy (non-hydrogen) atoms. The van der Waals surface area contributed by atoms with Gasteiger partial charge in [-0.05, 0) is 121 Å². The predicted octanol–water partition coefficient (Wildman–Crippen LogP) is 7.15. The van der Waals surface area contributed by atoms with E-state index in [1.165, 1.54) is 32.6 Å². The van der Waals surface area contributed by atoms with Crippen molar-refractivity contribution in [2.24, 2.45) is 62.6 Å². The minimum Gasteiger partial charge on any atom is -0.428 e. The van der Waals surface area contributed by atoms with Gasteiger partial charge < -0.3 is 14.6 Å². The summed E-state index contributed by atoms with van der Waals surface area (Å²) in [6.07, 6.45) is 10.6. The van der Waals surface area contributed by atoms with Crippen LogP contribution in [-0.4, -0.2) is 29.9 Å². The second-order valence-electron chi connectivity index (χ2n) is 15.9. The first-order chi connectivity index (χ1) is 17.6. The summed E-state index contributed by atoms with van der Waals surface area (Å²) in [5.74, 6) is 2.58. The predicted molar refractivity (Wildman–Crippen MR) is 148 cm³/mol. The Morgan fingerprint density at radius 2 is 1.53 bits per heavy atom. The Labute approximate surface area is 231 Å². The zero-order valence-electron chi connectivity index (χ0n) is 25.4. The summed E-state index contributed by atoms with van der Waals surface area (Å²) >= 11 is 0. The molecule has 5 heteroatoms. The van der Waals surface area contributed by atoms with Gasteiger partial charge in [0.1, 0.15) is 0 Å². The summed E-state index contributed by atoms with van der Waals surface area (Å²) in [7, 11) is 0. The molecule has 5 nitrogen and oxygen atoms in total. The minimum atomic E-state index is -0.444. The molecule has 2 unspecified atom stereocenters. The third-order valence-electron chi connectivity index (χ3n) is 14.2. The molecule has 0 bridgehead atoms. The van der Waals surface area contributed by atoms with Crippen LogP contribution in [0.2, 0.25) is 0 Å². The molecule has 0 radical (unpaired) electrons. The van der Waals surface area contributed by atoms with Gasteiger partial charge >= 0.3 is 11.9 Å². The molecule has 0 aromatic carbocycles. The summed E-state index contributed by atoms with van der Waals surface area (Å²) < 4.78 is 10.7. The van der Waals surface area contributed by atoms with E-state index in [-0.39, 0.29) is 40.5 Å². The molecule has 0 aliphatic heterocycles. The van der Waals surface area contributed by atoms with Crippen molar-refractivity contribution in [2.45, 2.75) is 126 Å². The maximum atomic E-state index is 13.8. The highest BCUT2D eigenvalue weighted by atomic mass is 16.7. The van der Waals surface area contributed by atoms with E-state index in [0.717, 1.165) is 38.5 Å². The van der Waals surface area contributed by atoms with E-state index in [1.807, 2.05) is 0 Å². The van der Waals surface area contributed by atoms with E-state index in [9.17, 15) is 14.7 Å². The molecule has 5 saturated carbocycles. The smallest absolute Gasteiger partial charge is 0.315 e. The molecule has 0 spiro atoms. The van der Waals surface area contributed by atoms with Gasteiger partial charge in [-0.15, -0.1) is 0 Å². The lowest BCUT2D eigenvalue weighted by Crippen LogP contribution is -2.67. The van der Waals surface area contributed by atoms with Crippen LogP contribution in [-0.2, 0) is 19.1 Å². The Hall–Kier alpha value is -1.10. The number of aliphatic hydroxyl groups is 1. The second kappa shape index (κ2) is 9.21. The van der Waals surface area contributed by atoms with Crippen molar-refractivity contribution in [1.29, 1.82) is 0 Å². The van der Waals surface area contributed by atoms with Crippen LogP contribution in [0.4, 0.5) is 0 Å². The van der Waals surface area contributed by atoms with Gasteiger partial charge in [0.2, 0.25) is 6.79 Å². The Morgan fingerprint density at radius 3 is 2.18 bits per heavy atom. The summed E-state index contributed by atoms with van der Waals surface area (Å²) in [5, 5.41) is 11.0. The highest BCUT2D eigenvalue weighted by molar-refractivity contribution is 5.78. The molecule has 0 saturated heterocycles. The third-order valence-corrected chi connectivity index (χ3v) is 14.2. The number of carbonyl (C=O) groups excluding carboxylic acids is 2. The number of hydrogen-bond acceptors (Lipinski definition) is 5. The quantitative estimate of drug-likeness (QED) is 0.309. The number of carbonyl (C=O) groups is 2. The van der Waals surface area contributed by atoms with Crippen LogP contribution in [0.25, 0.3) is 0 Å². The normalized spacial score (nSPS) is 49.3. The van der Waals surface area contributed by atoms with Crippen molar-refractivity contribution in [3.05, 3.63) is 0 Å². The van der Waals surface area contributed by atoms with Crippen LogP contribution in [0, 0.1) is 62.6 Å². The standard InChI is InChI=1S/C33H54O5/c1-20(2)22-11-16-33(28(36)38-19-37-21(3)34)18-17-31(7)23(27(22)33)9-10-25-30(6)14-13-26(35)29(4,5)24(30)12-15-32(25,31)8/h20,22-27,35H,9-19H2,1-8H3/t22-,23+,24?,25+,26+,27?,30-,31+,32+,33-/m0/s1. The Kier molecular flexibility index (Phi) is 6.89. The lowest BCUT2D eigenvalue weighted by atomic mass is 9.32. The first-order valence-corrected chi connectivity index (χ1v) is 15.6. The molecule has 0 aromatic heterocycles. The molecule has 5 rings (SSSR count). The SMILES string of the molecule is CC(=O)OCOC(=O)[C@]12CC[C@@H](C(C)C)C1[C@H]1CC[C@@H]3[C@@]4(C)CC[C@@H](O)C(C)(C)C4CC[C@@]3(C)[C@]1(C)CC2. The molecule has 5 aliphatic rings. The largest absolute Gasteiger partial charge is 0.428 e. The summed E-state index contributed by atoms with van der Waals surface area (Å²) in [5.41, 5.74) is 0.200. The Bertz CT molecular complexity index is 957.